The lowest BCUT2D eigenvalue weighted by Crippen LogP contribution is -2.23. The summed E-state index contributed by atoms with van der Waals surface area (Å²) in [7, 11) is 1.61. The molecule has 0 fully saturated rings. The Labute approximate surface area is 139 Å². The van der Waals surface area contributed by atoms with E-state index < -0.39 is 6.10 Å². The van der Waals surface area contributed by atoms with Crippen LogP contribution in [-0.2, 0) is 4.79 Å². The molecule has 1 unspecified atom stereocenters. The van der Waals surface area contributed by atoms with Gasteiger partial charge in [-0.3, -0.25) is 4.79 Å². The second-order valence-corrected chi connectivity index (χ2v) is 5.86. The molecule has 22 heavy (non-hydrogen) atoms. The third kappa shape index (κ3) is 19.4. The third-order valence-electron chi connectivity index (χ3n) is 3.84. The number of hydrogen-bond acceptors (Lipinski definition) is 2. The number of nitrogens with one attached hydrogen (secondary N) is 1. The van der Waals surface area contributed by atoms with E-state index in [9.17, 15) is 9.90 Å². The number of carbonyl (C=O) groups is 1. The van der Waals surface area contributed by atoms with Gasteiger partial charge in [0.15, 0.2) is 0 Å². The Bertz CT molecular complexity index is 219. The Hall–Kier alpha value is -0.570. The molecule has 0 saturated carbocycles. The molecule has 1 atom stereocenters. The van der Waals surface area contributed by atoms with E-state index in [-0.39, 0.29) is 12.3 Å². The van der Waals surface area contributed by atoms with Gasteiger partial charge in [0.05, 0.1) is 12.5 Å². The average molecular weight is 316 g/mol. The molecule has 0 bridgehead atoms. The van der Waals surface area contributed by atoms with Crippen LogP contribution in [-0.4, -0.2) is 24.2 Å². The number of aliphatic hydroxyl groups excluding tert-OH is 1. The molecule has 2 N–H and O–H groups in total. The van der Waals surface area contributed by atoms with Gasteiger partial charge in [0.2, 0.25) is 5.91 Å². The molecule has 0 spiro atoms. The van der Waals surface area contributed by atoms with E-state index in [0.29, 0.717) is 0 Å². The van der Waals surface area contributed by atoms with Crippen LogP contribution in [0.2, 0.25) is 0 Å². The molecule has 0 aliphatic rings. The van der Waals surface area contributed by atoms with Crippen molar-refractivity contribution in [1.82, 2.24) is 5.32 Å². The summed E-state index contributed by atoms with van der Waals surface area (Å²) in [6, 6.07) is 0. The number of carbonyl (C=O) groups excluding carboxylic acids is 1. The molecule has 0 rings (SSSR count). The molecular weight excluding hydrogens is 274 g/mol. The minimum absolute atomic E-state index is 0.0689. The first-order chi connectivity index (χ1) is 10.7. The number of hydrogen-bond donors (Lipinski definition) is 2. The lowest BCUT2D eigenvalue weighted by Gasteiger charge is -2.09. The molecule has 0 radical (unpaired) electrons. The number of unbranched alkanes of at least 4 members (excludes halogenated alkanes) is 10. The van der Waals surface area contributed by atoms with Crippen LogP contribution in [0.5, 0.6) is 0 Å². The second-order valence-electron chi connectivity index (χ2n) is 5.86. The summed E-state index contributed by atoms with van der Waals surface area (Å²) in [5, 5.41) is 12.2. The van der Waals surface area contributed by atoms with Gasteiger partial charge in [-0.2, -0.15) is 0 Å². The summed E-state index contributed by atoms with van der Waals surface area (Å²) in [5.41, 5.74) is 0. The quantitative estimate of drug-likeness (QED) is 0.432. The van der Waals surface area contributed by atoms with Gasteiger partial charge in [-0.05, 0) is 6.42 Å². The first kappa shape index (κ1) is 23.7. The van der Waals surface area contributed by atoms with Gasteiger partial charge in [0.25, 0.3) is 0 Å². The van der Waals surface area contributed by atoms with Gasteiger partial charge in [0, 0.05) is 7.05 Å². The zero-order valence-electron chi connectivity index (χ0n) is 15.6. The van der Waals surface area contributed by atoms with Gasteiger partial charge in [0.1, 0.15) is 0 Å². The fourth-order valence-corrected chi connectivity index (χ4v) is 2.46. The summed E-state index contributed by atoms with van der Waals surface area (Å²) < 4.78 is 0. The van der Waals surface area contributed by atoms with E-state index in [0.717, 1.165) is 12.8 Å². The molecular formula is C19H41NO2. The highest BCUT2D eigenvalue weighted by Gasteiger charge is 2.08. The first-order valence-electron chi connectivity index (χ1n) is 9.59. The van der Waals surface area contributed by atoms with Crippen molar-refractivity contribution < 1.29 is 9.90 Å². The van der Waals surface area contributed by atoms with Gasteiger partial charge in [-0.1, -0.05) is 91.4 Å². The molecule has 0 aromatic carbocycles. The highest BCUT2D eigenvalue weighted by molar-refractivity contribution is 5.75. The third-order valence-corrected chi connectivity index (χ3v) is 3.84. The SMILES string of the molecule is CC.CCCCCCCCCCCCCC(O)CC(=O)NC. The van der Waals surface area contributed by atoms with Crippen molar-refractivity contribution in [3.8, 4) is 0 Å². The van der Waals surface area contributed by atoms with Crippen LogP contribution in [0.3, 0.4) is 0 Å². The van der Waals surface area contributed by atoms with Crippen molar-refractivity contribution in [2.45, 2.75) is 110 Å². The van der Waals surface area contributed by atoms with Crippen molar-refractivity contribution in [1.29, 1.82) is 0 Å². The Kier molecular flexibility index (Phi) is 22.0. The topological polar surface area (TPSA) is 49.3 Å². The van der Waals surface area contributed by atoms with Crippen LogP contribution in [0.15, 0.2) is 0 Å². The molecule has 3 heteroatoms. The lowest BCUT2D eigenvalue weighted by atomic mass is 10.0. The Morgan fingerprint density at radius 1 is 0.864 bits per heavy atom. The zero-order chi connectivity index (χ0) is 17.1. The largest absolute Gasteiger partial charge is 0.393 e. The summed E-state index contributed by atoms with van der Waals surface area (Å²) in [6.07, 6.45) is 15.0. The summed E-state index contributed by atoms with van der Waals surface area (Å²) in [4.78, 5) is 11.1. The van der Waals surface area contributed by atoms with E-state index in [2.05, 4.69) is 12.2 Å². The van der Waals surface area contributed by atoms with Crippen LogP contribution in [0.4, 0.5) is 0 Å². The molecule has 134 valence electrons. The van der Waals surface area contributed by atoms with Crippen molar-refractivity contribution in [3.05, 3.63) is 0 Å². The van der Waals surface area contributed by atoms with Gasteiger partial charge < -0.3 is 10.4 Å². The van der Waals surface area contributed by atoms with E-state index >= 15 is 0 Å². The predicted molar refractivity (Wildman–Crippen MR) is 97.1 cm³/mol. The summed E-state index contributed by atoms with van der Waals surface area (Å²) >= 11 is 0. The number of rotatable bonds is 14. The fraction of sp³-hybridized carbons (Fsp3) is 0.947. The van der Waals surface area contributed by atoms with Crippen molar-refractivity contribution in [2.24, 2.45) is 0 Å². The van der Waals surface area contributed by atoms with Crippen LogP contribution in [0.1, 0.15) is 104 Å². The smallest absolute Gasteiger partial charge is 0.222 e. The maximum atomic E-state index is 11.1. The van der Waals surface area contributed by atoms with Crippen molar-refractivity contribution >= 4 is 5.91 Å². The Balaban J connectivity index is 0. The van der Waals surface area contributed by atoms with E-state index in [1.54, 1.807) is 7.05 Å². The molecule has 0 aliphatic carbocycles. The normalized spacial score (nSPS) is 11.5. The highest BCUT2D eigenvalue weighted by Crippen LogP contribution is 2.13. The van der Waals surface area contributed by atoms with E-state index in [4.69, 9.17) is 0 Å². The van der Waals surface area contributed by atoms with Crippen LogP contribution in [0.25, 0.3) is 0 Å². The van der Waals surface area contributed by atoms with Crippen molar-refractivity contribution in [3.63, 3.8) is 0 Å². The Morgan fingerprint density at radius 3 is 1.68 bits per heavy atom. The maximum absolute atomic E-state index is 11.1. The first-order valence-corrected chi connectivity index (χ1v) is 9.59. The molecule has 0 heterocycles. The monoisotopic (exact) mass is 315 g/mol. The van der Waals surface area contributed by atoms with Crippen LogP contribution in [0, 0.1) is 0 Å². The molecule has 0 saturated heterocycles. The average Bonchev–Trinajstić information content (AvgIpc) is 2.54. The van der Waals surface area contributed by atoms with E-state index in [1.807, 2.05) is 13.8 Å². The molecule has 3 nitrogen and oxygen atoms in total. The molecule has 0 aromatic heterocycles. The number of amides is 1. The summed E-state index contributed by atoms with van der Waals surface area (Å²) in [5.74, 6) is -0.0689. The molecule has 0 aromatic rings. The number of aliphatic hydroxyl groups is 1. The minimum atomic E-state index is -0.464. The fourth-order valence-electron chi connectivity index (χ4n) is 2.46. The van der Waals surface area contributed by atoms with Gasteiger partial charge >= 0.3 is 0 Å². The van der Waals surface area contributed by atoms with Crippen molar-refractivity contribution in [2.75, 3.05) is 7.05 Å². The standard InChI is InChI=1S/C17H35NO2.C2H6/c1-3-4-5-6-7-8-9-10-11-12-13-14-16(19)15-17(20)18-2;1-2/h16,19H,3-15H2,1-2H3,(H,18,20);1-2H3. The second kappa shape index (κ2) is 20.4. The minimum Gasteiger partial charge on any atom is -0.393 e. The van der Waals surface area contributed by atoms with E-state index in [1.165, 1.54) is 64.2 Å². The maximum Gasteiger partial charge on any atom is 0.222 e. The zero-order valence-corrected chi connectivity index (χ0v) is 15.6. The highest BCUT2D eigenvalue weighted by atomic mass is 16.3. The van der Waals surface area contributed by atoms with Crippen LogP contribution >= 0.6 is 0 Å². The predicted octanol–water partition coefficient (Wildman–Crippen LogP) is 5.21. The van der Waals surface area contributed by atoms with Gasteiger partial charge in [-0.15, -0.1) is 0 Å². The Morgan fingerprint density at radius 2 is 1.27 bits per heavy atom. The molecule has 1 amide bonds. The lowest BCUT2D eigenvalue weighted by molar-refractivity contribution is -0.122. The van der Waals surface area contributed by atoms with Crippen LogP contribution < -0.4 is 5.32 Å². The van der Waals surface area contributed by atoms with Gasteiger partial charge in [-0.25, -0.2) is 0 Å². The summed E-state index contributed by atoms with van der Waals surface area (Å²) in [6.45, 7) is 6.26. The molecule has 0 aliphatic heterocycles.